The average molecular weight is 403 g/mol. The van der Waals surface area contributed by atoms with Crippen LogP contribution in [-0.4, -0.2) is 38.2 Å². The highest BCUT2D eigenvalue weighted by atomic mass is 79.9. The number of piperidine rings is 1. The lowest BCUT2D eigenvalue weighted by Crippen LogP contribution is -2.44. The van der Waals surface area contributed by atoms with Crippen molar-refractivity contribution >= 4 is 15.9 Å². The highest BCUT2D eigenvalue weighted by molar-refractivity contribution is 9.10. The van der Waals surface area contributed by atoms with Gasteiger partial charge in [0.2, 0.25) is 0 Å². The molecule has 0 saturated carbocycles. The van der Waals surface area contributed by atoms with Crippen LogP contribution in [0.2, 0.25) is 0 Å². The third-order valence-electron chi connectivity index (χ3n) is 5.39. The standard InChI is InChI=1S/C21H27BrN2O/c1-25-20-9-8-18(22)16-19(20)21(17-6-3-2-4-7-17)10-14-24(15-11-21)13-5-12-23/h2-4,6-9,16H,5,10-15,23H2,1H3. The number of rotatable bonds is 6. The second-order valence-electron chi connectivity index (χ2n) is 6.78. The molecule has 0 aliphatic carbocycles. The molecule has 1 saturated heterocycles. The molecule has 1 aliphatic rings. The molecular formula is C21H27BrN2O. The van der Waals surface area contributed by atoms with Crippen LogP contribution < -0.4 is 10.5 Å². The number of benzene rings is 2. The van der Waals surface area contributed by atoms with E-state index < -0.39 is 0 Å². The number of hydrogen-bond donors (Lipinski definition) is 1. The third-order valence-corrected chi connectivity index (χ3v) is 5.88. The van der Waals surface area contributed by atoms with Crippen molar-refractivity contribution in [3.8, 4) is 5.75 Å². The Balaban J connectivity index is 1.99. The van der Waals surface area contributed by atoms with E-state index in [1.54, 1.807) is 7.11 Å². The second kappa shape index (κ2) is 8.35. The van der Waals surface area contributed by atoms with E-state index in [-0.39, 0.29) is 5.41 Å². The first-order chi connectivity index (χ1) is 12.2. The zero-order chi connectivity index (χ0) is 17.7. The summed E-state index contributed by atoms with van der Waals surface area (Å²) in [6.45, 7) is 4.03. The van der Waals surface area contributed by atoms with Gasteiger partial charge in [-0.25, -0.2) is 0 Å². The summed E-state index contributed by atoms with van der Waals surface area (Å²) in [5.41, 5.74) is 8.35. The fourth-order valence-corrected chi connectivity index (χ4v) is 4.36. The molecule has 3 rings (SSSR count). The maximum absolute atomic E-state index is 5.74. The lowest BCUT2D eigenvalue weighted by molar-refractivity contribution is 0.176. The van der Waals surface area contributed by atoms with Crippen LogP contribution in [0.25, 0.3) is 0 Å². The maximum atomic E-state index is 5.74. The largest absolute Gasteiger partial charge is 0.496 e. The SMILES string of the molecule is COc1ccc(Br)cc1C1(c2ccccc2)CCN(CCCN)CC1. The Morgan fingerprint density at radius 2 is 1.84 bits per heavy atom. The minimum atomic E-state index is -0.00437. The molecule has 1 heterocycles. The molecule has 2 aromatic rings. The highest BCUT2D eigenvalue weighted by Crippen LogP contribution is 2.46. The number of methoxy groups -OCH3 is 1. The van der Waals surface area contributed by atoms with Crippen LogP contribution in [0.4, 0.5) is 0 Å². The van der Waals surface area contributed by atoms with Crippen molar-refractivity contribution in [3.63, 3.8) is 0 Å². The van der Waals surface area contributed by atoms with Gasteiger partial charge in [0.25, 0.3) is 0 Å². The Morgan fingerprint density at radius 1 is 1.12 bits per heavy atom. The molecule has 0 aromatic heterocycles. The van der Waals surface area contributed by atoms with E-state index in [1.807, 2.05) is 0 Å². The van der Waals surface area contributed by atoms with E-state index in [9.17, 15) is 0 Å². The van der Waals surface area contributed by atoms with Gasteiger partial charge >= 0.3 is 0 Å². The van der Waals surface area contributed by atoms with E-state index >= 15 is 0 Å². The number of nitrogens with two attached hydrogens (primary N) is 1. The van der Waals surface area contributed by atoms with Gasteiger partial charge in [0, 0.05) is 15.5 Å². The smallest absolute Gasteiger partial charge is 0.123 e. The Bertz CT molecular complexity index is 682. The number of likely N-dealkylation sites (tertiary alicyclic amines) is 1. The van der Waals surface area contributed by atoms with E-state index in [4.69, 9.17) is 10.5 Å². The first kappa shape index (κ1) is 18.4. The minimum absolute atomic E-state index is 0.00437. The van der Waals surface area contributed by atoms with Gasteiger partial charge in [0.15, 0.2) is 0 Å². The van der Waals surface area contributed by atoms with Crippen LogP contribution in [0, 0.1) is 0 Å². The normalized spacial score (nSPS) is 17.4. The first-order valence-corrected chi connectivity index (χ1v) is 9.81. The van der Waals surface area contributed by atoms with Crippen molar-refractivity contribution in [2.45, 2.75) is 24.7 Å². The van der Waals surface area contributed by atoms with Gasteiger partial charge in [-0.15, -0.1) is 0 Å². The molecule has 4 heteroatoms. The highest BCUT2D eigenvalue weighted by Gasteiger charge is 2.39. The Morgan fingerprint density at radius 3 is 2.48 bits per heavy atom. The fourth-order valence-electron chi connectivity index (χ4n) is 4.00. The van der Waals surface area contributed by atoms with Crippen LogP contribution in [0.15, 0.2) is 53.0 Å². The molecule has 25 heavy (non-hydrogen) atoms. The van der Waals surface area contributed by atoms with Crippen molar-refractivity contribution in [1.82, 2.24) is 4.90 Å². The number of halogens is 1. The van der Waals surface area contributed by atoms with Gasteiger partial charge in [-0.3, -0.25) is 0 Å². The Labute approximate surface area is 159 Å². The number of hydrogen-bond acceptors (Lipinski definition) is 3. The predicted molar refractivity (Wildman–Crippen MR) is 107 cm³/mol. The van der Waals surface area contributed by atoms with Crippen LogP contribution in [0.1, 0.15) is 30.4 Å². The molecule has 2 N–H and O–H groups in total. The van der Waals surface area contributed by atoms with Gasteiger partial charge in [-0.1, -0.05) is 46.3 Å². The molecular weight excluding hydrogens is 376 g/mol. The molecule has 0 bridgehead atoms. The van der Waals surface area contributed by atoms with Crippen molar-refractivity contribution in [3.05, 3.63) is 64.1 Å². The third kappa shape index (κ3) is 3.91. The molecule has 1 aliphatic heterocycles. The molecule has 0 atom stereocenters. The first-order valence-electron chi connectivity index (χ1n) is 9.01. The predicted octanol–water partition coefficient (Wildman–Crippen LogP) is 4.19. The molecule has 0 spiro atoms. The van der Waals surface area contributed by atoms with Gasteiger partial charge in [0.1, 0.15) is 5.75 Å². The second-order valence-corrected chi connectivity index (χ2v) is 7.69. The topological polar surface area (TPSA) is 38.5 Å². The number of ether oxygens (including phenoxy) is 1. The number of nitrogens with zero attached hydrogens (tertiary/aromatic N) is 1. The van der Waals surface area contributed by atoms with Gasteiger partial charge in [-0.05, 0) is 69.2 Å². The fraction of sp³-hybridized carbons (Fsp3) is 0.429. The maximum Gasteiger partial charge on any atom is 0.123 e. The van der Waals surface area contributed by atoms with Crippen molar-refractivity contribution in [2.75, 3.05) is 33.3 Å². The van der Waals surface area contributed by atoms with Crippen LogP contribution >= 0.6 is 15.9 Å². The van der Waals surface area contributed by atoms with Gasteiger partial charge < -0.3 is 15.4 Å². The summed E-state index contributed by atoms with van der Waals surface area (Å²) in [5.74, 6) is 0.975. The summed E-state index contributed by atoms with van der Waals surface area (Å²) in [6, 6.07) is 17.3. The monoisotopic (exact) mass is 402 g/mol. The van der Waals surface area contributed by atoms with E-state index in [1.165, 1.54) is 11.1 Å². The summed E-state index contributed by atoms with van der Waals surface area (Å²) in [5, 5.41) is 0. The lowest BCUT2D eigenvalue weighted by atomic mass is 9.67. The summed E-state index contributed by atoms with van der Waals surface area (Å²) in [4.78, 5) is 2.54. The van der Waals surface area contributed by atoms with E-state index in [0.717, 1.165) is 55.7 Å². The minimum Gasteiger partial charge on any atom is -0.496 e. The zero-order valence-corrected chi connectivity index (χ0v) is 16.5. The van der Waals surface area contributed by atoms with Gasteiger partial charge in [-0.2, -0.15) is 0 Å². The summed E-state index contributed by atoms with van der Waals surface area (Å²) in [6.07, 6.45) is 3.25. The molecule has 0 unspecified atom stereocenters. The Hall–Kier alpha value is -1.36. The Kier molecular flexibility index (Phi) is 6.15. The summed E-state index contributed by atoms with van der Waals surface area (Å²) in [7, 11) is 1.77. The van der Waals surface area contributed by atoms with Crippen molar-refractivity contribution in [1.29, 1.82) is 0 Å². The molecule has 1 fully saturated rings. The molecule has 0 radical (unpaired) electrons. The molecule has 2 aromatic carbocycles. The summed E-state index contributed by atoms with van der Waals surface area (Å²) < 4.78 is 6.84. The lowest BCUT2D eigenvalue weighted by Gasteiger charge is -2.43. The van der Waals surface area contributed by atoms with Crippen LogP contribution in [-0.2, 0) is 5.41 Å². The van der Waals surface area contributed by atoms with Crippen LogP contribution in [0.3, 0.4) is 0 Å². The van der Waals surface area contributed by atoms with Crippen LogP contribution in [0.5, 0.6) is 5.75 Å². The van der Waals surface area contributed by atoms with E-state index in [2.05, 4.69) is 69.4 Å². The van der Waals surface area contributed by atoms with Crippen molar-refractivity contribution < 1.29 is 4.74 Å². The van der Waals surface area contributed by atoms with Crippen molar-refractivity contribution in [2.24, 2.45) is 5.73 Å². The molecule has 0 amide bonds. The molecule has 134 valence electrons. The quantitative estimate of drug-likeness (QED) is 0.786. The van der Waals surface area contributed by atoms with E-state index in [0.29, 0.717) is 0 Å². The van der Waals surface area contributed by atoms with Gasteiger partial charge in [0.05, 0.1) is 7.11 Å². The molecule has 3 nitrogen and oxygen atoms in total. The summed E-state index contributed by atoms with van der Waals surface area (Å²) >= 11 is 3.66. The average Bonchev–Trinajstić information content (AvgIpc) is 2.67. The zero-order valence-electron chi connectivity index (χ0n) is 14.9.